The van der Waals surface area contributed by atoms with E-state index in [1.807, 2.05) is 81.4 Å². The summed E-state index contributed by atoms with van der Waals surface area (Å²) in [4.78, 5) is 0. The van der Waals surface area contributed by atoms with E-state index >= 15 is 0 Å². The van der Waals surface area contributed by atoms with Gasteiger partial charge in [-0.2, -0.15) is 0 Å². The average Bonchev–Trinajstić information content (AvgIpc) is 2.59. The molecule has 0 aliphatic heterocycles. The molecule has 1 atom stereocenters. The van der Waals surface area contributed by atoms with E-state index in [0.29, 0.717) is 13.2 Å². The first kappa shape index (κ1) is 17.2. The lowest BCUT2D eigenvalue weighted by atomic mass is 9.91. The predicted octanol–water partition coefficient (Wildman–Crippen LogP) is 4.81. The normalized spacial score (nSPS) is 13.6. The third-order valence-electron chi connectivity index (χ3n) is 4.16. The molecule has 3 heteroatoms. The first-order valence-electron chi connectivity index (χ1n) is 7.96. The van der Waals surface area contributed by atoms with Crippen LogP contribution in [-0.2, 0) is 22.7 Å². The first-order valence-corrected chi connectivity index (χ1v) is 7.96. The molecular weight excluding hydrogens is 286 g/mol. The maximum Gasteiger partial charge on any atom is 0.214 e. The first-order chi connectivity index (χ1) is 11.0. The van der Waals surface area contributed by atoms with Crippen LogP contribution in [-0.4, -0.2) is 11.5 Å². The molecule has 0 fully saturated rings. The van der Waals surface area contributed by atoms with E-state index in [1.54, 1.807) is 0 Å². The fraction of sp³-hybridized carbons (Fsp3) is 0.350. The summed E-state index contributed by atoms with van der Waals surface area (Å²) < 4.78 is 11.8. The van der Waals surface area contributed by atoms with E-state index in [4.69, 9.17) is 14.9 Å². The fourth-order valence-electron chi connectivity index (χ4n) is 2.17. The second-order valence-electron chi connectivity index (χ2n) is 6.14. The maximum atomic E-state index is 8.34. The molecule has 1 N–H and O–H groups in total. The van der Waals surface area contributed by atoms with Crippen LogP contribution in [0.2, 0.25) is 0 Å². The molecule has 23 heavy (non-hydrogen) atoms. The smallest absolute Gasteiger partial charge is 0.214 e. The Morgan fingerprint density at radius 3 is 1.87 bits per heavy atom. The Labute approximate surface area is 138 Å². The van der Waals surface area contributed by atoms with E-state index in [9.17, 15) is 0 Å². The maximum absolute atomic E-state index is 8.34. The molecule has 2 rings (SSSR count). The fourth-order valence-corrected chi connectivity index (χ4v) is 2.17. The van der Waals surface area contributed by atoms with Gasteiger partial charge in [-0.25, -0.2) is 0 Å². The number of rotatable bonds is 7. The summed E-state index contributed by atoms with van der Waals surface area (Å²) in [5.41, 5.74) is 1.40. The van der Waals surface area contributed by atoms with Crippen LogP contribution in [0.25, 0.3) is 0 Å². The molecule has 0 aromatic heterocycles. The Morgan fingerprint density at radius 2 is 1.39 bits per heavy atom. The van der Waals surface area contributed by atoms with Crippen LogP contribution >= 0.6 is 0 Å². The highest BCUT2D eigenvalue weighted by Crippen LogP contribution is 2.25. The van der Waals surface area contributed by atoms with Gasteiger partial charge in [-0.3, -0.25) is 5.41 Å². The van der Waals surface area contributed by atoms with Gasteiger partial charge in [0.05, 0.1) is 6.61 Å². The van der Waals surface area contributed by atoms with Crippen molar-refractivity contribution in [2.45, 2.75) is 39.6 Å². The molecule has 2 aromatic rings. The molecule has 1 unspecified atom stereocenters. The van der Waals surface area contributed by atoms with Gasteiger partial charge in [-0.1, -0.05) is 74.5 Å². The Morgan fingerprint density at radius 1 is 0.913 bits per heavy atom. The monoisotopic (exact) mass is 311 g/mol. The van der Waals surface area contributed by atoms with Crippen LogP contribution in [0.5, 0.6) is 0 Å². The van der Waals surface area contributed by atoms with E-state index in [1.165, 1.54) is 0 Å². The zero-order valence-electron chi connectivity index (χ0n) is 14.1. The molecule has 0 aliphatic rings. The molecule has 3 nitrogen and oxygen atoms in total. The zero-order valence-corrected chi connectivity index (χ0v) is 14.1. The number of hydrogen-bond donors (Lipinski definition) is 1. The number of ether oxygens (including phenoxy) is 2. The molecule has 0 amide bonds. The zero-order chi connectivity index (χ0) is 16.7. The van der Waals surface area contributed by atoms with Gasteiger partial charge in [0, 0.05) is 0 Å². The second-order valence-corrected chi connectivity index (χ2v) is 6.14. The molecule has 122 valence electrons. The van der Waals surface area contributed by atoms with Crippen molar-refractivity contribution in [3.05, 3.63) is 71.8 Å². The lowest BCUT2D eigenvalue weighted by molar-refractivity contribution is -0.0407. The van der Waals surface area contributed by atoms with Crippen molar-refractivity contribution >= 4 is 5.90 Å². The molecular formula is C20H25NO2. The minimum atomic E-state index is -0.745. The summed E-state index contributed by atoms with van der Waals surface area (Å²) in [6, 6.07) is 19.9. The Kier molecular flexibility index (Phi) is 5.94. The highest BCUT2D eigenvalue weighted by molar-refractivity contribution is 5.82. The molecule has 0 heterocycles. The molecule has 0 spiro atoms. The van der Waals surface area contributed by atoms with Crippen LogP contribution in [0.3, 0.4) is 0 Å². The van der Waals surface area contributed by atoms with Crippen LogP contribution in [0.1, 0.15) is 31.9 Å². The summed E-state index contributed by atoms with van der Waals surface area (Å²) in [5.74, 6) is 0.307. The number of benzene rings is 2. The van der Waals surface area contributed by atoms with Crippen LogP contribution in [0, 0.1) is 11.3 Å². The summed E-state index contributed by atoms with van der Waals surface area (Å²) in [6.45, 7) is 6.87. The minimum absolute atomic E-state index is 0.134. The van der Waals surface area contributed by atoms with Crippen molar-refractivity contribution in [2.75, 3.05) is 0 Å². The summed E-state index contributed by atoms with van der Waals surface area (Å²) in [7, 11) is 0. The number of hydrogen-bond acceptors (Lipinski definition) is 3. The van der Waals surface area contributed by atoms with Crippen molar-refractivity contribution in [2.24, 2.45) is 5.92 Å². The van der Waals surface area contributed by atoms with E-state index in [-0.39, 0.29) is 11.8 Å². The molecule has 0 radical (unpaired) electrons. The molecule has 0 saturated heterocycles. The molecule has 0 aliphatic carbocycles. The van der Waals surface area contributed by atoms with Crippen molar-refractivity contribution in [1.29, 1.82) is 5.41 Å². The lowest BCUT2D eigenvalue weighted by Crippen LogP contribution is -2.44. The SMILES string of the molecule is CC(C)C(C)(OCc1ccccc1)C(=N)OCc1ccccc1. The van der Waals surface area contributed by atoms with Gasteiger partial charge < -0.3 is 9.47 Å². The van der Waals surface area contributed by atoms with E-state index < -0.39 is 5.60 Å². The quantitative estimate of drug-likeness (QED) is 0.589. The van der Waals surface area contributed by atoms with Gasteiger partial charge in [-0.05, 0) is 24.0 Å². The van der Waals surface area contributed by atoms with Gasteiger partial charge in [-0.15, -0.1) is 0 Å². The lowest BCUT2D eigenvalue weighted by Gasteiger charge is -2.33. The summed E-state index contributed by atoms with van der Waals surface area (Å²) in [6.07, 6.45) is 0. The van der Waals surface area contributed by atoms with Gasteiger partial charge in [0.15, 0.2) is 0 Å². The molecule has 0 bridgehead atoms. The van der Waals surface area contributed by atoms with Crippen molar-refractivity contribution in [3.63, 3.8) is 0 Å². The molecule has 2 aromatic carbocycles. The van der Waals surface area contributed by atoms with Gasteiger partial charge in [0.2, 0.25) is 5.90 Å². The average molecular weight is 311 g/mol. The third kappa shape index (κ3) is 4.67. The number of nitrogens with one attached hydrogen (secondary N) is 1. The largest absolute Gasteiger partial charge is 0.474 e. The Balaban J connectivity index is 1.99. The van der Waals surface area contributed by atoms with Gasteiger partial charge in [0.25, 0.3) is 0 Å². The van der Waals surface area contributed by atoms with E-state index in [2.05, 4.69) is 0 Å². The van der Waals surface area contributed by atoms with Crippen LogP contribution < -0.4 is 0 Å². The highest BCUT2D eigenvalue weighted by atomic mass is 16.5. The third-order valence-corrected chi connectivity index (χ3v) is 4.16. The second kappa shape index (κ2) is 7.93. The van der Waals surface area contributed by atoms with E-state index in [0.717, 1.165) is 11.1 Å². The predicted molar refractivity (Wildman–Crippen MR) is 93.4 cm³/mol. The van der Waals surface area contributed by atoms with Crippen molar-refractivity contribution in [3.8, 4) is 0 Å². The van der Waals surface area contributed by atoms with Crippen molar-refractivity contribution < 1.29 is 9.47 Å². The Hall–Kier alpha value is -2.13. The van der Waals surface area contributed by atoms with Crippen molar-refractivity contribution in [1.82, 2.24) is 0 Å². The highest BCUT2D eigenvalue weighted by Gasteiger charge is 2.36. The topological polar surface area (TPSA) is 42.3 Å². The van der Waals surface area contributed by atoms with Crippen LogP contribution in [0.4, 0.5) is 0 Å². The Bertz CT molecular complexity index is 610. The summed E-state index contributed by atoms with van der Waals surface area (Å²) in [5, 5.41) is 8.34. The van der Waals surface area contributed by atoms with Crippen LogP contribution in [0.15, 0.2) is 60.7 Å². The molecule has 0 saturated carbocycles. The summed E-state index contributed by atoms with van der Waals surface area (Å²) >= 11 is 0. The minimum Gasteiger partial charge on any atom is -0.474 e. The van der Waals surface area contributed by atoms with Gasteiger partial charge >= 0.3 is 0 Å². The standard InChI is InChI=1S/C20H25NO2/c1-16(2)20(3,23-15-18-12-8-5-9-13-18)19(21)22-14-17-10-6-4-7-11-17/h4-13,16,21H,14-15H2,1-3H3. The van der Waals surface area contributed by atoms with Gasteiger partial charge in [0.1, 0.15) is 12.2 Å².